The van der Waals surface area contributed by atoms with E-state index in [-0.39, 0.29) is 136 Å². The molecule has 4 aliphatic rings. The van der Waals surface area contributed by atoms with E-state index < -0.39 is 154 Å². The number of para-hydroxylation sites is 2. The number of alkyl halides is 6. The Labute approximate surface area is 700 Å². The molecule has 4 unspecified atom stereocenters. The van der Waals surface area contributed by atoms with Crippen LogP contribution in [-0.4, -0.2) is 133 Å². The van der Waals surface area contributed by atoms with E-state index in [0.29, 0.717) is 13.2 Å². The van der Waals surface area contributed by atoms with Crippen LogP contribution in [0.2, 0.25) is 0 Å². The summed E-state index contributed by atoms with van der Waals surface area (Å²) in [4.78, 5) is 128. The van der Waals surface area contributed by atoms with Gasteiger partial charge in [-0.15, -0.1) is 0 Å². The minimum absolute atomic E-state index is 0.0269. The number of ether oxygens (including phenoxy) is 6. The highest BCUT2D eigenvalue weighted by Gasteiger charge is 2.52. The SMILES string of the molecule is CC(C)(C)c1ccc(Oc2cc3c4c(cc(Oc5ccc(C(C)(C)C)cc5)c5c6c(Oc7ccc(C(C)(C)C)cc7)cc7c8c(cc(Oc9ccc(C(C)(C)C)cc9)c(c2c45)c86)C(=O)N(C(CC(F)(F)F)C(=O)N(CCC(=O)NCC2CO2)c2ccccc2)C7=O)C(=O)N(C(CC(F)(F)F)C(=O)N(CCC(=O)NCC2CO2)c2ccccc2)C3=O)cc1. The lowest BCUT2D eigenvalue weighted by Gasteiger charge is -2.38. The molecular formula is C96H92F6N6O14. The van der Waals surface area contributed by atoms with Crippen LogP contribution in [0, 0.1) is 0 Å². The van der Waals surface area contributed by atoms with Gasteiger partial charge >= 0.3 is 12.4 Å². The normalized spacial score (nSPS) is 16.0. The molecule has 2 fully saturated rings. The first-order valence-corrected chi connectivity index (χ1v) is 40.5. The summed E-state index contributed by atoms with van der Waals surface area (Å²) in [6.45, 7) is 23.8. The zero-order chi connectivity index (χ0) is 87.2. The highest BCUT2D eigenvalue weighted by atomic mass is 19.4. The third kappa shape index (κ3) is 17.6. The molecule has 0 bridgehead atoms. The van der Waals surface area contributed by atoms with E-state index in [4.69, 9.17) is 28.4 Å². The number of epoxide rings is 2. The van der Waals surface area contributed by atoms with Crippen molar-refractivity contribution in [2.24, 2.45) is 0 Å². The molecule has 4 aliphatic heterocycles. The Morgan fingerprint density at radius 1 is 0.377 bits per heavy atom. The molecule has 2 N–H and O–H groups in total. The standard InChI is InChI=1S/C96H92F6N6O14/c1-91(2,3)53-23-31-59(32-24-53)119-71-43-65-77-66(86(112)107(85(65)111)69(47-95(97,98)99)89(115)105(57-19-15-13-16-20-57)41-39-75(109)103-49-63-51-117-63)45-73(121-61-35-27-55(28-36-61)93(7,8)9)81-82-74(122-62-37-29-56(30-38-62)94(10,11)12)46-68-78-67(44-72(80(84(78)82)79(71)83(77)81)120-60-33-25-54(26-34-60)92(4,5)6)87(113)108(88(68)114)70(48-96(100,101)102)90(116)106(58-21-17-14-18-22-58)42-40-76(110)104-50-64-52-118-64/h13-38,43-46,63-64,69-70H,39-42,47-52H2,1-12H3,(H,103,109)(H,104,110). The number of hydrogen-bond donors (Lipinski definition) is 2. The van der Waals surface area contributed by atoms with Crippen molar-refractivity contribution in [2.45, 2.75) is 167 Å². The molecule has 0 aromatic heterocycles. The summed E-state index contributed by atoms with van der Waals surface area (Å²) >= 11 is 0. The topological polar surface area (TPSA) is 236 Å². The quantitative estimate of drug-likeness (QED) is 0.0169. The molecule has 26 heteroatoms. The summed E-state index contributed by atoms with van der Waals surface area (Å²) in [6.07, 6.45) is -16.1. The van der Waals surface area contributed by atoms with E-state index >= 15 is 55.1 Å². The van der Waals surface area contributed by atoms with Crippen molar-refractivity contribution in [3.63, 3.8) is 0 Å². The van der Waals surface area contributed by atoms with E-state index in [9.17, 15) is 9.59 Å². The largest absolute Gasteiger partial charge is 0.457 e. The van der Waals surface area contributed by atoms with Gasteiger partial charge in [-0.3, -0.25) is 48.2 Å². The number of carbonyl (C=O) groups excluding carboxylic acids is 8. The second kappa shape index (κ2) is 32.2. The van der Waals surface area contributed by atoms with Gasteiger partial charge in [-0.1, -0.05) is 168 Å². The first-order valence-electron chi connectivity index (χ1n) is 40.5. The summed E-state index contributed by atoms with van der Waals surface area (Å²) in [6, 6.07) is 42.0. The van der Waals surface area contributed by atoms with Gasteiger partial charge in [0.2, 0.25) is 11.8 Å². The number of imide groups is 2. The summed E-state index contributed by atoms with van der Waals surface area (Å²) in [5.74, 6) is -10.3. The van der Waals surface area contributed by atoms with Crippen molar-refractivity contribution < 1.29 is 93.1 Å². The Kier molecular flexibility index (Phi) is 22.3. The van der Waals surface area contributed by atoms with Crippen LogP contribution in [0.5, 0.6) is 46.0 Å². The van der Waals surface area contributed by atoms with Crippen LogP contribution in [0.25, 0.3) is 43.1 Å². The van der Waals surface area contributed by atoms with Gasteiger partial charge in [0.25, 0.3) is 35.4 Å². The molecule has 11 aromatic rings. The third-order valence-corrected chi connectivity index (χ3v) is 22.4. The minimum Gasteiger partial charge on any atom is -0.457 e. The molecule has 4 heterocycles. The Bertz CT molecular complexity index is 5340. The van der Waals surface area contributed by atoms with E-state index in [2.05, 4.69) is 10.6 Å². The number of nitrogens with one attached hydrogen (secondary N) is 2. The molecule has 20 nitrogen and oxygen atoms in total. The van der Waals surface area contributed by atoms with Crippen LogP contribution in [0.1, 0.15) is 172 Å². The maximum absolute atomic E-state index is 16.7. The molecular weight excluding hydrogens is 1580 g/mol. The molecule has 8 amide bonds. The number of rotatable bonds is 26. The molecule has 632 valence electrons. The fourth-order valence-electron chi connectivity index (χ4n) is 15.8. The van der Waals surface area contributed by atoms with Gasteiger partial charge in [0.05, 0.1) is 60.5 Å². The van der Waals surface area contributed by atoms with E-state index in [0.717, 1.165) is 32.1 Å². The van der Waals surface area contributed by atoms with Gasteiger partial charge in [-0.2, -0.15) is 26.3 Å². The first kappa shape index (κ1) is 84.6. The van der Waals surface area contributed by atoms with Crippen molar-refractivity contribution >= 4 is 102 Å². The molecule has 0 aliphatic carbocycles. The highest BCUT2D eigenvalue weighted by Crippen LogP contribution is 2.59. The zero-order valence-electron chi connectivity index (χ0n) is 69.5. The summed E-state index contributed by atoms with van der Waals surface area (Å²) < 4.78 is 135. The van der Waals surface area contributed by atoms with Crippen LogP contribution in [0.15, 0.2) is 182 Å². The minimum atomic E-state index is -5.28. The average molecular weight is 1670 g/mol. The molecule has 0 spiro atoms. The highest BCUT2D eigenvalue weighted by molar-refractivity contribution is 6.45. The number of anilines is 2. The number of fused-ring (bicyclic) bond motifs is 2. The van der Waals surface area contributed by atoms with Crippen LogP contribution in [0.4, 0.5) is 37.7 Å². The second-order valence-electron chi connectivity index (χ2n) is 35.5. The number of benzene rings is 11. The molecule has 0 radical (unpaired) electrons. The molecule has 15 rings (SSSR count). The predicted molar refractivity (Wildman–Crippen MR) is 451 cm³/mol. The Balaban J connectivity index is 1.06. The maximum Gasteiger partial charge on any atom is 0.391 e. The molecule has 4 atom stereocenters. The van der Waals surface area contributed by atoms with Crippen molar-refractivity contribution in [1.82, 2.24) is 20.4 Å². The van der Waals surface area contributed by atoms with E-state index in [1.165, 1.54) is 72.8 Å². The summed E-state index contributed by atoms with van der Waals surface area (Å²) in [5.41, 5.74) is -0.266. The number of halogens is 6. The first-order chi connectivity index (χ1) is 57.6. The monoisotopic (exact) mass is 1670 g/mol. The van der Waals surface area contributed by atoms with Gasteiger partial charge in [-0.25, -0.2) is 0 Å². The van der Waals surface area contributed by atoms with Gasteiger partial charge in [0.1, 0.15) is 58.1 Å². The molecule has 11 aromatic carbocycles. The van der Waals surface area contributed by atoms with Crippen LogP contribution in [0.3, 0.4) is 0 Å². The van der Waals surface area contributed by atoms with Crippen molar-refractivity contribution in [3.8, 4) is 46.0 Å². The smallest absolute Gasteiger partial charge is 0.391 e. The Hall–Kier alpha value is -12.4. The van der Waals surface area contributed by atoms with E-state index in [1.807, 2.05) is 83.1 Å². The molecule has 0 saturated carbocycles. The van der Waals surface area contributed by atoms with Crippen LogP contribution < -0.4 is 39.4 Å². The fraction of sp³-hybridized carbons (Fsp3) is 0.333. The number of carbonyl (C=O) groups is 8. The van der Waals surface area contributed by atoms with Crippen LogP contribution in [-0.2, 0) is 50.3 Å². The lowest BCUT2D eigenvalue weighted by Crippen LogP contribution is -2.56. The van der Waals surface area contributed by atoms with Crippen molar-refractivity contribution in [1.29, 1.82) is 0 Å². The van der Waals surface area contributed by atoms with E-state index in [1.54, 1.807) is 109 Å². The number of amides is 8. The average Bonchev–Trinajstić information content (AvgIpc) is 0.979. The van der Waals surface area contributed by atoms with Gasteiger partial charge in [-0.05, 0) is 141 Å². The Morgan fingerprint density at radius 2 is 0.623 bits per heavy atom. The van der Waals surface area contributed by atoms with Crippen molar-refractivity contribution in [2.75, 3.05) is 49.2 Å². The number of nitrogens with zero attached hydrogens (tertiary/aromatic N) is 4. The van der Waals surface area contributed by atoms with Crippen LogP contribution >= 0.6 is 0 Å². The molecule has 122 heavy (non-hydrogen) atoms. The summed E-state index contributed by atoms with van der Waals surface area (Å²) in [7, 11) is 0. The zero-order valence-corrected chi connectivity index (χ0v) is 69.5. The third-order valence-electron chi connectivity index (χ3n) is 22.4. The molecule has 2 saturated heterocycles. The van der Waals surface area contributed by atoms with Gasteiger partial charge < -0.3 is 48.9 Å². The number of hydrogen-bond acceptors (Lipinski definition) is 14. The fourth-order valence-corrected chi connectivity index (χ4v) is 15.8. The van der Waals surface area contributed by atoms with Gasteiger partial charge in [0, 0.05) is 93.5 Å². The van der Waals surface area contributed by atoms with Gasteiger partial charge in [0.15, 0.2) is 0 Å². The predicted octanol–water partition coefficient (Wildman–Crippen LogP) is 19.8. The Morgan fingerprint density at radius 3 is 0.844 bits per heavy atom. The lowest BCUT2D eigenvalue weighted by molar-refractivity contribution is -0.152. The van der Waals surface area contributed by atoms with Crippen molar-refractivity contribution in [3.05, 3.63) is 226 Å². The second-order valence-corrected chi connectivity index (χ2v) is 35.5. The lowest BCUT2D eigenvalue weighted by atomic mass is 9.80. The maximum atomic E-state index is 16.7. The summed E-state index contributed by atoms with van der Waals surface area (Å²) in [5, 5.41) is 4.54.